The second-order valence-corrected chi connectivity index (χ2v) is 17.1. The number of hydrogen-bond acceptors (Lipinski definition) is 3. The molecule has 0 aliphatic heterocycles. The van der Waals surface area contributed by atoms with Gasteiger partial charge in [-0.15, -0.1) is 0 Å². The van der Waals surface area contributed by atoms with E-state index in [9.17, 15) is 5.26 Å². The van der Waals surface area contributed by atoms with Crippen LogP contribution in [-0.4, -0.2) is 19.1 Å². The van der Waals surface area contributed by atoms with Gasteiger partial charge in [0.25, 0.3) is 0 Å². The zero-order valence-electron chi connectivity index (χ0n) is 37.0. The van der Waals surface area contributed by atoms with Crippen LogP contribution >= 0.6 is 0 Å². The van der Waals surface area contributed by atoms with Gasteiger partial charge in [0.05, 0.1) is 57.0 Å². The number of hydrogen-bond donors (Lipinski definition) is 0. The number of rotatable bonds is 7. The second-order valence-electron chi connectivity index (χ2n) is 17.1. The van der Waals surface area contributed by atoms with Crippen LogP contribution in [0.3, 0.4) is 0 Å². The smallest absolute Gasteiger partial charge is 0.308 e. The second kappa shape index (κ2) is 16.6. The number of pyridine rings is 2. The van der Waals surface area contributed by atoms with Gasteiger partial charge in [0, 0.05) is 56.2 Å². The molecule has 70 heavy (non-hydrogen) atoms. The summed E-state index contributed by atoms with van der Waals surface area (Å²) in [7, 11) is 0. The summed E-state index contributed by atoms with van der Waals surface area (Å²) in [4.78, 5) is 13.3. The highest BCUT2D eigenvalue weighted by molar-refractivity contribution is 6.12. The maximum atomic E-state index is 15.3. The molecule has 4 aromatic heterocycles. The van der Waals surface area contributed by atoms with Gasteiger partial charge in [-0.05, 0) is 70.8 Å². The lowest BCUT2D eigenvalue weighted by molar-refractivity contribution is -0.137. The predicted molar refractivity (Wildman–Crippen MR) is 274 cm³/mol. The number of benzene rings is 8. The van der Waals surface area contributed by atoms with Crippen molar-refractivity contribution in [2.24, 2.45) is 0 Å². The minimum Gasteiger partial charge on any atom is -0.308 e. The summed E-state index contributed by atoms with van der Waals surface area (Å²) in [6.45, 7) is 8.15. The van der Waals surface area contributed by atoms with Crippen LogP contribution in [0.4, 0.5) is 18.9 Å². The third kappa shape index (κ3) is 6.96. The van der Waals surface area contributed by atoms with Crippen molar-refractivity contribution in [2.75, 3.05) is 0 Å². The summed E-state index contributed by atoms with van der Waals surface area (Å²) in [6, 6.07) is 65.2. The molecule has 0 saturated heterocycles. The van der Waals surface area contributed by atoms with Crippen LogP contribution in [-0.2, 0) is 6.18 Å². The van der Waals surface area contributed by atoms with E-state index in [2.05, 4.69) is 10.9 Å². The molecule has 12 rings (SSSR count). The van der Waals surface area contributed by atoms with E-state index in [-0.39, 0.29) is 22.4 Å². The first-order valence-electron chi connectivity index (χ1n) is 22.5. The van der Waals surface area contributed by atoms with Crippen molar-refractivity contribution in [1.82, 2.24) is 19.1 Å². The molecule has 12 aromatic rings. The highest BCUT2D eigenvalue weighted by Gasteiger charge is 2.35. The molecule has 0 N–H and O–H groups in total. The fraction of sp³-hybridized carbons (Fsp3) is 0.0164. The van der Waals surface area contributed by atoms with Crippen LogP contribution in [0.25, 0.3) is 116 Å². The number of fused-ring (bicyclic) bond motifs is 6. The molecule has 330 valence electrons. The number of alkyl halides is 3. The lowest BCUT2D eigenvalue weighted by Gasteiger charge is -2.21. The summed E-state index contributed by atoms with van der Waals surface area (Å²) in [5.41, 5.74) is 9.72. The van der Waals surface area contributed by atoms with Crippen molar-refractivity contribution in [2.45, 2.75) is 6.18 Å². The summed E-state index contributed by atoms with van der Waals surface area (Å²) < 4.78 is 49.7. The van der Waals surface area contributed by atoms with Crippen LogP contribution in [0, 0.1) is 17.9 Å². The highest BCUT2D eigenvalue weighted by Crippen LogP contribution is 2.47. The molecule has 0 aliphatic carbocycles. The lowest BCUT2D eigenvalue weighted by atomic mass is 9.94. The van der Waals surface area contributed by atoms with Gasteiger partial charge in [-0.1, -0.05) is 152 Å². The molecule has 8 aromatic carbocycles. The minimum atomic E-state index is -4.80. The van der Waals surface area contributed by atoms with E-state index in [1.165, 1.54) is 12.1 Å². The molecule has 0 fully saturated rings. The van der Waals surface area contributed by atoms with Gasteiger partial charge >= 0.3 is 6.18 Å². The number of para-hydroxylation sites is 2. The van der Waals surface area contributed by atoms with E-state index in [4.69, 9.17) is 16.5 Å². The zero-order chi connectivity index (χ0) is 47.5. The SMILES string of the molecule is [C-]#[N+]c1cccc(C(F)(F)F)c1-c1cc(-n2c3ccccc3c3ccc(-c4ccc(-c5ccccc5)nc4)cc32)c(C#N)c(-n2c3ccccc3c3ccc(-c4ccc(-c5ccccc5)nc4)cc32)c1. The molecule has 0 aliphatic rings. The normalized spacial score (nSPS) is 11.6. The van der Waals surface area contributed by atoms with Crippen molar-refractivity contribution in [3.05, 3.63) is 235 Å². The monoisotopic (exact) mass is 908 g/mol. The zero-order valence-corrected chi connectivity index (χ0v) is 37.0. The van der Waals surface area contributed by atoms with Crippen molar-refractivity contribution in [1.29, 1.82) is 5.26 Å². The average Bonchev–Trinajstić information content (AvgIpc) is 3.92. The maximum absolute atomic E-state index is 15.3. The Morgan fingerprint density at radius 2 is 0.900 bits per heavy atom. The van der Waals surface area contributed by atoms with Crippen molar-refractivity contribution >= 4 is 49.3 Å². The first-order chi connectivity index (χ1) is 34.3. The number of nitriles is 1. The molecule has 0 radical (unpaired) electrons. The Kier molecular flexibility index (Phi) is 9.94. The summed E-state index contributed by atoms with van der Waals surface area (Å²) in [5, 5.41) is 15.2. The third-order valence-corrected chi connectivity index (χ3v) is 13.1. The van der Waals surface area contributed by atoms with Gasteiger partial charge in [-0.25, -0.2) is 4.85 Å². The first kappa shape index (κ1) is 41.8. The molecule has 0 atom stereocenters. The number of halogens is 3. The van der Waals surface area contributed by atoms with Crippen molar-refractivity contribution in [3.8, 4) is 73.3 Å². The van der Waals surface area contributed by atoms with E-state index in [0.29, 0.717) is 11.4 Å². The van der Waals surface area contributed by atoms with E-state index < -0.39 is 11.7 Å². The fourth-order valence-electron chi connectivity index (χ4n) is 9.90. The molecule has 9 heteroatoms. The Balaban J connectivity index is 1.15. The van der Waals surface area contributed by atoms with E-state index in [1.807, 2.05) is 191 Å². The molecule has 4 heterocycles. The standard InChI is InChI=1S/C61H35F3N6/c1-66-53-20-12-19-50(61(62,63)64)60(53)44-33-58(69-54-21-10-8-17-45(54)47-27-23-40(31-56(47)69)42-25-29-51(67-36-42)38-13-4-2-5-14-38)49(35-65)59(34-44)70-55-22-11-9-18-46(55)48-28-24-41(32-57(48)70)43-26-30-52(68-37-43)39-15-6-3-7-16-39/h2-34,36-37H. The van der Waals surface area contributed by atoms with Gasteiger partial charge in [0.2, 0.25) is 0 Å². The van der Waals surface area contributed by atoms with Gasteiger partial charge in [0.15, 0.2) is 5.69 Å². The van der Waals surface area contributed by atoms with Gasteiger partial charge < -0.3 is 9.13 Å². The first-order valence-corrected chi connectivity index (χ1v) is 22.5. The van der Waals surface area contributed by atoms with Crippen LogP contribution < -0.4 is 0 Å². The Bertz CT molecular complexity index is 3880. The van der Waals surface area contributed by atoms with Crippen molar-refractivity contribution in [3.63, 3.8) is 0 Å². The molecule has 0 bridgehead atoms. The molecular formula is C61H35F3N6. The molecule has 0 amide bonds. The summed E-state index contributed by atoms with van der Waals surface area (Å²) >= 11 is 0. The molecular weight excluding hydrogens is 874 g/mol. The van der Waals surface area contributed by atoms with Crippen LogP contribution in [0.5, 0.6) is 0 Å². The minimum absolute atomic E-state index is 0.133. The van der Waals surface area contributed by atoms with E-state index in [0.717, 1.165) is 94.4 Å². The Hall–Kier alpha value is -9.57. The number of nitrogens with zero attached hydrogens (tertiary/aromatic N) is 6. The topological polar surface area (TPSA) is 63.8 Å². The summed E-state index contributed by atoms with van der Waals surface area (Å²) in [6.07, 6.45) is -1.14. The number of aromatic nitrogens is 4. The average molecular weight is 909 g/mol. The van der Waals surface area contributed by atoms with E-state index in [1.54, 1.807) is 12.1 Å². The maximum Gasteiger partial charge on any atom is 0.415 e. The molecule has 0 saturated carbocycles. The van der Waals surface area contributed by atoms with Crippen LogP contribution in [0.2, 0.25) is 0 Å². The lowest BCUT2D eigenvalue weighted by Crippen LogP contribution is -2.09. The molecule has 6 nitrogen and oxygen atoms in total. The molecule has 0 spiro atoms. The quantitative estimate of drug-likeness (QED) is 0.150. The van der Waals surface area contributed by atoms with Gasteiger partial charge in [-0.2, -0.15) is 18.4 Å². The predicted octanol–water partition coefficient (Wildman–Crippen LogP) is 16.4. The Labute approximate surface area is 399 Å². The van der Waals surface area contributed by atoms with Gasteiger partial charge in [0.1, 0.15) is 11.6 Å². The van der Waals surface area contributed by atoms with Crippen LogP contribution in [0.15, 0.2) is 213 Å². The Morgan fingerprint density at radius 3 is 1.34 bits per heavy atom. The fourth-order valence-corrected chi connectivity index (χ4v) is 9.90. The van der Waals surface area contributed by atoms with Crippen LogP contribution in [0.1, 0.15) is 11.1 Å². The van der Waals surface area contributed by atoms with E-state index >= 15 is 13.2 Å². The highest BCUT2D eigenvalue weighted by atomic mass is 19.4. The third-order valence-electron chi connectivity index (χ3n) is 13.1. The summed E-state index contributed by atoms with van der Waals surface area (Å²) in [5.74, 6) is 0. The Morgan fingerprint density at radius 1 is 0.443 bits per heavy atom. The largest absolute Gasteiger partial charge is 0.415 e. The molecule has 0 unspecified atom stereocenters. The van der Waals surface area contributed by atoms with Crippen molar-refractivity contribution < 1.29 is 13.2 Å². The van der Waals surface area contributed by atoms with Gasteiger partial charge in [-0.3, -0.25) is 9.97 Å².